The van der Waals surface area contributed by atoms with Crippen molar-refractivity contribution in [3.05, 3.63) is 71.4 Å². The molecule has 7 nitrogen and oxygen atoms in total. The maximum atomic E-state index is 13.0. The van der Waals surface area contributed by atoms with Crippen LogP contribution in [0.1, 0.15) is 55.1 Å². The van der Waals surface area contributed by atoms with E-state index in [1.807, 2.05) is 49.4 Å². The first-order chi connectivity index (χ1) is 15.1. The molecule has 4 rings (SSSR count). The molecule has 1 saturated heterocycles. The van der Waals surface area contributed by atoms with E-state index in [0.29, 0.717) is 18.3 Å². The van der Waals surface area contributed by atoms with Gasteiger partial charge in [-0.1, -0.05) is 41.9 Å². The molecule has 1 aromatic heterocycles. The van der Waals surface area contributed by atoms with Crippen LogP contribution in [0.4, 0.5) is 10.5 Å². The highest BCUT2D eigenvalue weighted by Crippen LogP contribution is 2.30. The lowest BCUT2D eigenvalue weighted by molar-refractivity contribution is 0.157. The first-order valence-electron chi connectivity index (χ1n) is 10.8. The van der Waals surface area contributed by atoms with Gasteiger partial charge in [0, 0.05) is 12.2 Å². The molecular formula is C24H28N4O3. The molecule has 1 N–H and O–H groups in total. The van der Waals surface area contributed by atoms with E-state index in [1.165, 1.54) is 11.1 Å². The number of benzene rings is 2. The number of anilines is 1. The summed E-state index contributed by atoms with van der Waals surface area (Å²) in [5.74, 6) is 1.68. The van der Waals surface area contributed by atoms with Gasteiger partial charge in [0.25, 0.3) is 5.89 Å². The lowest BCUT2D eigenvalue weighted by Crippen LogP contribution is -2.41. The summed E-state index contributed by atoms with van der Waals surface area (Å²) in [4.78, 5) is 19.3. The predicted molar refractivity (Wildman–Crippen MR) is 118 cm³/mol. The number of aryl methyl sites for hydroxylation is 2. The van der Waals surface area contributed by atoms with Crippen molar-refractivity contribution in [2.45, 2.75) is 52.2 Å². The molecule has 0 radical (unpaired) electrons. The predicted octanol–water partition coefficient (Wildman–Crippen LogP) is 5.28. The molecule has 1 atom stereocenters. The minimum absolute atomic E-state index is 0.139. The summed E-state index contributed by atoms with van der Waals surface area (Å²) in [7, 11) is 0. The van der Waals surface area contributed by atoms with E-state index in [9.17, 15) is 4.79 Å². The van der Waals surface area contributed by atoms with Gasteiger partial charge >= 0.3 is 6.03 Å². The van der Waals surface area contributed by atoms with Gasteiger partial charge in [-0.2, -0.15) is 4.98 Å². The molecular weight excluding hydrogens is 392 g/mol. The van der Waals surface area contributed by atoms with Crippen LogP contribution in [0.5, 0.6) is 5.75 Å². The topological polar surface area (TPSA) is 80.5 Å². The Balaban J connectivity index is 1.42. The number of carbonyl (C=O) groups is 1. The van der Waals surface area contributed by atoms with Crippen LogP contribution >= 0.6 is 0 Å². The third-order valence-corrected chi connectivity index (χ3v) is 5.52. The Morgan fingerprint density at radius 3 is 2.87 bits per heavy atom. The number of ether oxygens (including phenoxy) is 1. The summed E-state index contributed by atoms with van der Waals surface area (Å²) in [6.45, 7) is 4.98. The van der Waals surface area contributed by atoms with Gasteiger partial charge in [-0.15, -0.1) is 0 Å². The second-order valence-corrected chi connectivity index (χ2v) is 7.84. The zero-order chi connectivity index (χ0) is 21.6. The van der Waals surface area contributed by atoms with Crippen molar-refractivity contribution in [1.29, 1.82) is 0 Å². The molecule has 162 valence electrons. The molecule has 2 amide bonds. The quantitative estimate of drug-likeness (QED) is 0.587. The lowest BCUT2D eigenvalue weighted by Gasteiger charge is -2.33. The van der Waals surface area contributed by atoms with E-state index in [1.54, 1.807) is 4.90 Å². The van der Waals surface area contributed by atoms with E-state index in [0.717, 1.165) is 37.1 Å². The van der Waals surface area contributed by atoms with Gasteiger partial charge in [-0.3, -0.25) is 0 Å². The number of urea groups is 1. The number of hydrogen-bond donors (Lipinski definition) is 1. The van der Waals surface area contributed by atoms with E-state index < -0.39 is 0 Å². The van der Waals surface area contributed by atoms with Crippen molar-refractivity contribution in [3.63, 3.8) is 0 Å². The van der Waals surface area contributed by atoms with Crippen LogP contribution in [0.25, 0.3) is 0 Å². The summed E-state index contributed by atoms with van der Waals surface area (Å²) in [6, 6.07) is 15.4. The fourth-order valence-corrected chi connectivity index (χ4v) is 3.75. The standard InChI is InChI=1S/C24H28N4O3/c1-3-18-7-6-8-19(15-18)25-24(29)28-14-5-4-9-21(28)23-26-22(31-27-23)16-30-20-12-10-17(2)11-13-20/h6-8,10-13,15,21H,3-5,9,14,16H2,1-2H3,(H,25,29). The molecule has 1 aliphatic rings. The number of hydrogen-bond acceptors (Lipinski definition) is 5. The Labute approximate surface area is 182 Å². The fraction of sp³-hybridized carbons (Fsp3) is 0.375. The highest BCUT2D eigenvalue weighted by Gasteiger charge is 2.31. The van der Waals surface area contributed by atoms with Crippen molar-refractivity contribution in [1.82, 2.24) is 15.0 Å². The molecule has 1 fully saturated rings. The van der Waals surface area contributed by atoms with Crippen molar-refractivity contribution in [3.8, 4) is 5.75 Å². The van der Waals surface area contributed by atoms with E-state index in [-0.39, 0.29) is 18.7 Å². The average molecular weight is 421 g/mol. The van der Waals surface area contributed by atoms with E-state index in [4.69, 9.17) is 9.26 Å². The van der Waals surface area contributed by atoms with Crippen LogP contribution in [0.3, 0.4) is 0 Å². The first-order valence-corrected chi connectivity index (χ1v) is 10.8. The van der Waals surface area contributed by atoms with Gasteiger partial charge in [-0.25, -0.2) is 4.79 Å². The first kappa shape index (κ1) is 20.9. The van der Waals surface area contributed by atoms with Crippen LogP contribution in [-0.4, -0.2) is 27.6 Å². The largest absolute Gasteiger partial charge is 0.484 e. The normalized spacial score (nSPS) is 16.2. The molecule has 3 aromatic rings. The highest BCUT2D eigenvalue weighted by molar-refractivity contribution is 5.89. The third kappa shape index (κ3) is 5.23. The van der Waals surface area contributed by atoms with Gasteiger partial charge in [0.1, 0.15) is 5.75 Å². The van der Waals surface area contributed by atoms with Crippen LogP contribution in [0.2, 0.25) is 0 Å². The Kier molecular flexibility index (Phi) is 6.50. The minimum Gasteiger partial charge on any atom is -0.484 e. The maximum absolute atomic E-state index is 13.0. The fourth-order valence-electron chi connectivity index (χ4n) is 3.75. The molecule has 1 unspecified atom stereocenters. The van der Waals surface area contributed by atoms with Crippen LogP contribution in [-0.2, 0) is 13.0 Å². The van der Waals surface area contributed by atoms with Gasteiger partial charge in [-0.05, 0) is 62.4 Å². The van der Waals surface area contributed by atoms with Gasteiger partial charge < -0.3 is 19.5 Å². The molecule has 31 heavy (non-hydrogen) atoms. The summed E-state index contributed by atoms with van der Waals surface area (Å²) in [5, 5.41) is 7.17. The van der Waals surface area contributed by atoms with Crippen molar-refractivity contribution < 1.29 is 14.1 Å². The second-order valence-electron chi connectivity index (χ2n) is 7.84. The molecule has 0 aliphatic carbocycles. The smallest absolute Gasteiger partial charge is 0.322 e. The molecule has 0 saturated carbocycles. The third-order valence-electron chi connectivity index (χ3n) is 5.52. The van der Waals surface area contributed by atoms with Crippen LogP contribution in [0, 0.1) is 6.92 Å². The lowest BCUT2D eigenvalue weighted by atomic mass is 10.0. The van der Waals surface area contributed by atoms with Crippen molar-refractivity contribution >= 4 is 11.7 Å². The Bertz CT molecular complexity index is 1020. The van der Waals surface area contributed by atoms with E-state index >= 15 is 0 Å². The second kappa shape index (κ2) is 9.64. The van der Waals surface area contributed by atoms with Crippen LogP contribution in [0.15, 0.2) is 53.1 Å². The number of amides is 2. The zero-order valence-corrected chi connectivity index (χ0v) is 18.0. The van der Waals surface area contributed by atoms with Crippen molar-refractivity contribution in [2.24, 2.45) is 0 Å². The molecule has 0 bridgehead atoms. The number of nitrogens with one attached hydrogen (secondary N) is 1. The minimum atomic E-state index is -0.208. The number of likely N-dealkylation sites (tertiary alicyclic amines) is 1. The number of carbonyl (C=O) groups excluding carboxylic acids is 1. The van der Waals surface area contributed by atoms with Crippen LogP contribution < -0.4 is 10.1 Å². The SMILES string of the molecule is CCc1cccc(NC(=O)N2CCCCC2c2noc(COc3ccc(C)cc3)n2)c1. The molecule has 1 aliphatic heterocycles. The number of piperidine rings is 1. The van der Waals surface area contributed by atoms with E-state index in [2.05, 4.69) is 28.4 Å². The number of nitrogens with zero attached hydrogens (tertiary/aromatic N) is 3. The number of rotatable bonds is 6. The molecule has 0 spiro atoms. The maximum Gasteiger partial charge on any atom is 0.322 e. The Hall–Kier alpha value is -3.35. The summed E-state index contributed by atoms with van der Waals surface area (Å²) in [5.41, 5.74) is 3.16. The van der Waals surface area contributed by atoms with Gasteiger partial charge in [0.15, 0.2) is 12.4 Å². The summed E-state index contributed by atoms with van der Waals surface area (Å²) < 4.78 is 11.1. The van der Waals surface area contributed by atoms with Gasteiger partial charge in [0.05, 0.1) is 6.04 Å². The summed E-state index contributed by atoms with van der Waals surface area (Å²) in [6.07, 6.45) is 3.70. The molecule has 2 heterocycles. The zero-order valence-electron chi connectivity index (χ0n) is 18.0. The highest BCUT2D eigenvalue weighted by atomic mass is 16.5. The summed E-state index contributed by atoms with van der Waals surface area (Å²) >= 11 is 0. The Morgan fingerprint density at radius 2 is 2.06 bits per heavy atom. The van der Waals surface area contributed by atoms with Gasteiger partial charge in [0.2, 0.25) is 0 Å². The molecule has 2 aromatic carbocycles. The monoisotopic (exact) mass is 420 g/mol. The Morgan fingerprint density at radius 1 is 1.23 bits per heavy atom. The molecule has 7 heteroatoms. The average Bonchev–Trinajstić information content (AvgIpc) is 3.28. The van der Waals surface area contributed by atoms with Crippen molar-refractivity contribution in [2.75, 3.05) is 11.9 Å². The number of aromatic nitrogens is 2.